The highest BCUT2D eigenvalue weighted by Gasteiger charge is 2.20. The van der Waals surface area contributed by atoms with Crippen molar-refractivity contribution in [1.29, 1.82) is 0 Å². The fraction of sp³-hybridized carbons (Fsp3) is 0.353. The largest absolute Gasteiger partial charge is 0.363 e. The summed E-state index contributed by atoms with van der Waals surface area (Å²) in [4.78, 5) is 18.1. The van der Waals surface area contributed by atoms with Gasteiger partial charge in [0.25, 0.3) is 0 Å². The first-order valence-electron chi connectivity index (χ1n) is 8.21. The minimum Gasteiger partial charge on any atom is -0.363 e. The van der Waals surface area contributed by atoms with Crippen LogP contribution in [0.15, 0.2) is 24.7 Å². The third-order valence-electron chi connectivity index (χ3n) is 4.45. The molecule has 0 amide bonds. The van der Waals surface area contributed by atoms with Gasteiger partial charge in [0, 0.05) is 35.9 Å². The maximum atomic E-state index is 14.2. The van der Waals surface area contributed by atoms with Crippen LogP contribution in [0.1, 0.15) is 12.8 Å². The number of H-pyrrole nitrogens is 1. The van der Waals surface area contributed by atoms with Crippen molar-refractivity contribution < 1.29 is 4.39 Å². The Morgan fingerprint density at radius 3 is 3.08 bits per heavy atom. The number of likely N-dealkylation sites (N-methyl/N-ethyl adjacent to an activating group) is 1. The molecule has 3 aromatic rings. The maximum Gasteiger partial charge on any atom is 0.183 e. The number of aromatic nitrogens is 4. The lowest BCUT2D eigenvalue weighted by Gasteiger charge is -2.30. The van der Waals surface area contributed by atoms with Crippen molar-refractivity contribution in [2.45, 2.75) is 18.9 Å². The Kier molecular flexibility index (Phi) is 4.27. The van der Waals surface area contributed by atoms with Crippen LogP contribution in [0.2, 0.25) is 5.02 Å². The highest BCUT2D eigenvalue weighted by atomic mass is 35.5. The van der Waals surface area contributed by atoms with Crippen LogP contribution in [-0.2, 0) is 0 Å². The van der Waals surface area contributed by atoms with E-state index in [1.807, 2.05) is 0 Å². The summed E-state index contributed by atoms with van der Waals surface area (Å²) in [6.07, 6.45) is 6.62. The van der Waals surface area contributed by atoms with Crippen LogP contribution in [0.4, 0.5) is 10.2 Å². The van der Waals surface area contributed by atoms with Gasteiger partial charge in [-0.3, -0.25) is 0 Å². The van der Waals surface area contributed by atoms with Gasteiger partial charge in [0.15, 0.2) is 17.5 Å². The van der Waals surface area contributed by atoms with E-state index in [0.717, 1.165) is 36.9 Å². The number of halogens is 2. The Labute approximate surface area is 149 Å². The maximum absolute atomic E-state index is 14.2. The Hall–Kier alpha value is -2.25. The van der Waals surface area contributed by atoms with Gasteiger partial charge in [-0.1, -0.05) is 11.6 Å². The molecule has 1 saturated heterocycles. The first-order chi connectivity index (χ1) is 12.1. The van der Waals surface area contributed by atoms with E-state index in [-0.39, 0.29) is 11.9 Å². The SMILES string of the molecule is CN1CCC[C@H](Nc2nc(-c3c[nH]c4ncc(Cl)cc34)ncc2F)C1. The molecule has 0 aromatic carbocycles. The topological polar surface area (TPSA) is 69.7 Å². The molecule has 0 unspecified atom stereocenters. The lowest BCUT2D eigenvalue weighted by atomic mass is 10.1. The number of hydrogen-bond acceptors (Lipinski definition) is 5. The van der Waals surface area contributed by atoms with Crippen molar-refractivity contribution in [3.63, 3.8) is 0 Å². The molecule has 8 heteroatoms. The van der Waals surface area contributed by atoms with Crippen LogP contribution in [0.3, 0.4) is 0 Å². The predicted molar refractivity (Wildman–Crippen MR) is 96.2 cm³/mol. The molecule has 2 N–H and O–H groups in total. The van der Waals surface area contributed by atoms with Crippen molar-refractivity contribution in [2.75, 3.05) is 25.5 Å². The smallest absolute Gasteiger partial charge is 0.183 e. The van der Waals surface area contributed by atoms with Crippen LogP contribution in [-0.4, -0.2) is 51.0 Å². The number of nitrogens with one attached hydrogen (secondary N) is 2. The van der Waals surface area contributed by atoms with Gasteiger partial charge in [-0.25, -0.2) is 19.3 Å². The Morgan fingerprint density at radius 1 is 1.36 bits per heavy atom. The van der Waals surface area contributed by atoms with E-state index in [1.54, 1.807) is 18.5 Å². The van der Waals surface area contributed by atoms with E-state index >= 15 is 0 Å². The molecule has 4 rings (SSSR count). The number of fused-ring (bicyclic) bond motifs is 1. The van der Waals surface area contributed by atoms with E-state index in [0.29, 0.717) is 16.5 Å². The number of hydrogen-bond donors (Lipinski definition) is 2. The van der Waals surface area contributed by atoms with Crippen LogP contribution >= 0.6 is 11.6 Å². The number of piperidine rings is 1. The monoisotopic (exact) mass is 360 g/mol. The van der Waals surface area contributed by atoms with Gasteiger partial charge >= 0.3 is 0 Å². The second-order valence-corrected chi connectivity index (χ2v) is 6.82. The zero-order chi connectivity index (χ0) is 17.4. The minimum atomic E-state index is -0.451. The highest BCUT2D eigenvalue weighted by Crippen LogP contribution is 2.28. The Balaban J connectivity index is 1.67. The quantitative estimate of drug-likeness (QED) is 0.749. The first kappa shape index (κ1) is 16.2. The van der Waals surface area contributed by atoms with Gasteiger partial charge in [-0.15, -0.1) is 0 Å². The number of likely N-dealkylation sites (tertiary alicyclic amines) is 1. The van der Waals surface area contributed by atoms with Gasteiger partial charge in [-0.05, 0) is 32.5 Å². The third-order valence-corrected chi connectivity index (χ3v) is 4.65. The summed E-state index contributed by atoms with van der Waals surface area (Å²) in [6.45, 7) is 1.93. The predicted octanol–water partition coefficient (Wildman–Crippen LogP) is 3.32. The Morgan fingerprint density at radius 2 is 2.24 bits per heavy atom. The van der Waals surface area contributed by atoms with Crippen molar-refractivity contribution in [3.8, 4) is 11.4 Å². The number of rotatable bonds is 3. The molecule has 3 aromatic heterocycles. The second-order valence-electron chi connectivity index (χ2n) is 6.39. The van der Waals surface area contributed by atoms with E-state index < -0.39 is 5.82 Å². The molecule has 0 radical (unpaired) electrons. The normalized spacial score (nSPS) is 18.6. The number of nitrogens with zero attached hydrogens (tertiary/aromatic N) is 4. The van der Waals surface area contributed by atoms with Crippen LogP contribution in [0.25, 0.3) is 22.4 Å². The summed E-state index contributed by atoms with van der Waals surface area (Å²) in [5.41, 5.74) is 1.43. The molecule has 130 valence electrons. The lowest BCUT2D eigenvalue weighted by Crippen LogP contribution is -2.40. The molecule has 0 saturated carbocycles. The van der Waals surface area contributed by atoms with Crippen LogP contribution in [0, 0.1) is 5.82 Å². The molecule has 1 fully saturated rings. The van der Waals surface area contributed by atoms with Crippen LogP contribution < -0.4 is 5.32 Å². The third kappa shape index (κ3) is 3.29. The van der Waals surface area contributed by atoms with Gasteiger partial charge < -0.3 is 15.2 Å². The fourth-order valence-corrected chi connectivity index (χ4v) is 3.40. The lowest BCUT2D eigenvalue weighted by molar-refractivity contribution is 0.260. The molecule has 4 heterocycles. The van der Waals surface area contributed by atoms with E-state index in [4.69, 9.17) is 11.6 Å². The Bertz CT molecular complexity index is 911. The van der Waals surface area contributed by atoms with Gasteiger partial charge in [-0.2, -0.15) is 0 Å². The number of anilines is 1. The molecule has 1 atom stereocenters. The molecule has 25 heavy (non-hydrogen) atoms. The zero-order valence-electron chi connectivity index (χ0n) is 13.8. The highest BCUT2D eigenvalue weighted by molar-refractivity contribution is 6.31. The average molecular weight is 361 g/mol. The summed E-state index contributed by atoms with van der Waals surface area (Å²) in [7, 11) is 2.07. The summed E-state index contributed by atoms with van der Waals surface area (Å²) in [6, 6.07) is 1.97. The van der Waals surface area contributed by atoms with Gasteiger partial charge in [0.05, 0.1) is 11.2 Å². The number of pyridine rings is 1. The minimum absolute atomic E-state index is 0.176. The fourth-order valence-electron chi connectivity index (χ4n) is 3.24. The molecular weight excluding hydrogens is 343 g/mol. The summed E-state index contributed by atoms with van der Waals surface area (Å²) in [5.74, 6) is 0.214. The van der Waals surface area contributed by atoms with Crippen molar-refractivity contribution in [1.82, 2.24) is 24.8 Å². The van der Waals surface area contributed by atoms with Gasteiger partial charge in [0.1, 0.15) is 5.65 Å². The van der Waals surface area contributed by atoms with Crippen molar-refractivity contribution in [3.05, 3.63) is 35.5 Å². The van der Waals surface area contributed by atoms with E-state index in [2.05, 4.69) is 37.2 Å². The number of aromatic amines is 1. The molecule has 1 aliphatic heterocycles. The van der Waals surface area contributed by atoms with Gasteiger partial charge in [0.2, 0.25) is 0 Å². The molecular formula is C17H18ClFN6. The summed E-state index contributed by atoms with van der Waals surface area (Å²) >= 11 is 6.04. The molecule has 0 bridgehead atoms. The molecule has 6 nitrogen and oxygen atoms in total. The first-order valence-corrected chi connectivity index (χ1v) is 8.58. The van der Waals surface area contributed by atoms with Crippen molar-refractivity contribution in [2.24, 2.45) is 0 Å². The molecule has 1 aliphatic rings. The zero-order valence-corrected chi connectivity index (χ0v) is 14.5. The second kappa shape index (κ2) is 6.57. The standard InChI is InChI=1S/C17H18ClFN6/c1-25-4-2-3-11(9-25)23-17-14(19)8-22-16(24-17)13-7-21-15-12(13)5-10(18)6-20-15/h5-8,11H,2-4,9H2,1H3,(H,20,21)(H,22,23,24)/t11-/m0/s1. The summed E-state index contributed by atoms with van der Waals surface area (Å²) in [5, 5.41) is 4.56. The molecule has 0 spiro atoms. The van der Waals surface area contributed by atoms with Crippen molar-refractivity contribution >= 4 is 28.5 Å². The van der Waals surface area contributed by atoms with E-state index in [9.17, 15) is 4.39 Å². The summed E-state index contributed by atoms with van der Waals surface area (Å²) < 4.78 is 14.2. The van der Waals surface area contributed by atoms with Crippen LogP contribution in [0.5, 0.6) is 0 Å². The average Bonchev–Trinajstić information content (AvgIpc) is 3.00. The molecule has 0 aliphatic carbocycles. The van der Waals surface area contributed by atoms with E-state index in [1.165, 1.54) is 6.20 Å².